The van der Waals surface area contributed by atoms with Crippen LogP contribution in [0.2, 0.25) is 0 Å². The number of nitrogens with zero attached hydrogens (tertiary/aromatic N) is 3. The van der Waals surface area contributed by atoms with Crippen LogP contribution in [0.5, 0.6) is 5.75 Å². The van der Waals surface area contributed by atoms with Crippen LogP contribution in [0.4, 0.5) is 0 Å². The van der Waals surface area contributed by atoms with E-state index >= 15 is 0 Å². The number of carbonyl (C=O) groups is 1. The van der Waals surface area contributed by atoms with Gasteiger partial charge in [-0.2, -0.15) is 0 Å². The highest BCUT2D eigenvalue weighted by molar-refractivity contribution is 5.86. The predicted octanol–water partition coefficient (Wildman–Crippen LogP) is 3.76. The van der Waals surface area contributed by atoms with Gasteiger partial charge in [-0.05, 0) is 56.8 Å². The topological polar surface area (TPSA) is 37.7 Å². The molecule has 28 heavy (non-hydrogen) atoms. The van der Waals surface area contributed by atoms with Gasteiger partial charge in [-0.25, -0.2) is 0 Å². The summed E-state index contributed by atoms with van der Waals surface area (Å²) in [6.07, 6.45) is 9.11. The minimum Gasteiger partial charge on any atom is -0.495 e. The van der Waals surface area contributed by atoms with Gasteiger partial charge in [-0.3, -0.25) is 4.79 Å². The number of fused-ring (bicyclic) bond motifs is 2. The number of piperidine rings is 2. The summed E-state index contributed by atoms with van der Waals surface area (Å²) in [6, 6.07) is 8.84. The van der Waals surface area contributed by atoms with Gasteiger partial charge in [0, 0.05) is 44.2 Å². The van der Waals surface area contributed by atoms with Crippen LogP contribution in [0.1, 0.15) is 38.5 Å². The summed E-state index contributed by atoms with van der Waals surface area (Å²) in [7, 11) is 3.68. The molecule has 0 radical (unpaired) electrons. The number of hydrogen-bond acceptors (Lipinski definition) is 3. The summed E-state index contributed by atoms with van der Waals surface area (Å²) >= 11 is 0. The number of amides is 1. The van der Waals surface area contributed by atoms with Crippen molar-refractivity contribution in [3.05, 3.63) is 30.5 Å². The zero-order valence-electron chi connectivity index (χ0n) is 17.3. The van der Waals surface area contributed by atoms with Crippen molar-refractivity contribution in [1.82, 2.24) is 14.4 Å². The standard InChI is InChI=1S/C23H33N3O2/c1-24(17-19-8-6-14-25-13-4-3-9-20(19)25)22(27)12-16-26-15-11-18-7-5-10-21(28-2)23(18)26/h5,7,10-11,15,19-20H,3-4,6,8-9,12-14,16-17H2,1-2H3/t19-,20-/m0/s1. The van der Waals surface area contributed by atoms with Gasteiger partial charge in [0.2, 0.25) is 5.91 Å². The van der Waals surface area contributed by atoms with Gasteiger partial charge < -0.3 is 19.1 Å². The molecule has 1 aromatic heterocycles. The lowest BCUT2D eigenvalue weighted by molar-refractivity contribution is -0.131. The van der Waals surface area contributed by atoms with Gasteiger partial charge in [-0.15, -0.1) is 0 Å². The van der Waals surface area contributed by atoms with Gasteiger partial charge in [0.25, 0.3) is 0 Å². The fraction of sp³-hybridized carbons (Fsp3) is 0.609. The van der Waals surface area contributed by atoms with Crippen molar-refractivity contribution in [2.75, 3.05) is 33.8 Å². The molecule has 0 unspecified atom stereocenters. The fourth-order valence-corrected chi connectivity index (χ4v) is 5.23. The second kappa shape index (κ2) is 8.56. The van der Waals surface area contributed by atoms with Crippen LogP contribution in [0.25, 0.3) is 10.9 Å². The molecule has 2 aliphatic rings. The summed E-state index contributed by atoms with van der Waals surface area (Å²) in [5.74, 6) is 1.74. The van der Waals surface area contributed by atoms with E-state index in [0.717, 1.165) is 23.2 Å². The van der Waals surface area contributed by atoms with Gasteiger partial charge in [-0.1, -0.05) is 18.6 Å². The highest BCUT2D eigenvalue weighted by Crippen LogP contribution is 2.31. The average Bonchev–Trinajstić information content (AvgIpc) is 3.15. The van der Waals surface area contributed by atoms with E-state index in [2.05, 4.69) is 27.8 Å². The number of benzene rings is 1. The lowest BCUT2D eigenvalue weighted by Gasteiger charge is -2.45. The van der Waals surface area contributed by atoms with E-state index in [1.54, 1.807) is 7.11 Å². The Morgan fingerprint density at radius 3 is 2.89 bits per heavy atom. The van der Waals surface area contributed by atoms with E-state index in [9.17, 15) is 4.79 Å². The van der Waals surface area contributed by atoms with Crippen LogP contribution >= 0.6 is 0 Å². The fourth-order valence-electron chi connectivity index (χ4n) is 5.23. The maximum absolute atomic E-state index is 12.8. The zero-order valence-corrected chi connectivity index (χ0v) is 17.3. The Kier molecular flexibility index (Phi) is 5.90. The number of aryl methyl sites for hydroxylation is 1. The number of hydrogen-bond donors (Lipinski definition) is 0. The first-order valence-corrected chi connectivity index (χ1v) is 10.8. The molecule has 0 saturated carbocycles. The Bertz CT molecular complexity index is 813. The van der Waals surface area contributed by atoms with Crippen molar-refractivity contribution in [2.45, 2.75) is 51.1 Å². The van der Waals surface area contributed by atoms with Gasteiger partial charge in [0.1, 0.15) is 5.75 Å². The third-order valence-corrected chi connectivity index (χ3v) is 6.70. The van der Waals surface area contributed by atoms with Crippen molar-refractivity contribution in [3.8, 4) is 5.75 Å². The Hall–Kier alpha value is -2.01. The summed E-state index contributed by atoms with van der Waals surface area (Å²) in [5, 5.41) is 1.15. The highest BCUT2D eigenvalue weighted by atomic mass is 16.5. The molecule has 1 amide bonds. The lowest BCUT2D eigenvalue weighted by atomic mass is 9.83. The minimum atomic E-state index is 0.240. The first-order valence-electron chi connectivity index (χ1n) is 10.8. The zero-order chi connectivity index (χ0) is 19.5. The molecule has 152 valence electrons. The maximum atomic E-state index is 12.8. The van der Waals surface area contributed by atoms with E-state index in [4.69, 9.17) is 4.74 Å². The van der Waals surface area contributed by atoms with Gasteiger partial charge in [0.05, 0.1) is 12.6 Å². The highest BCUT2D eigenvalue weighted by Gasteiger charge is 2.33. The van der Waals surface area contributed by atoms with Crippen LogP contribution in [0, 0.1) is 5.92 Å². The summed E-state index contributed by atoms with van der Waals surface area (Å²) < 4.78 is 7.65. The van der Waals surface area contributed by atoms with Crippen molar-refractivity contribution in [2.24, 2.45) is 5.92 Å². The Morgan fingerprint density at radius 2 is 2.04 bits per heavy atom. The first-order chi connectivity index (χ1) is 13.7. The molecule has 3 heterocycles. The second-order valence-corrected chi connectivity index (χ2v) is 8.43. The van der Waals surface area contributed by atoms with Crippen LogP contribution in [-0.2, 0) is 11.3 Å². The number of rotatable bonds is 6. The third kappa shape index (κ3) is 3.90. The number of ether oxygens (including phenoxy) is 1. The summed E-state index contributed by atoms with van der Waals surface area (Å²) in [6.45, 7) is 4.09. The van der Waals surface area contributed by atoms with E-state index in [0.29, 0.717) is 24.9 Å². The summed E-state index contributed by atoms with van der Waals surface area (Å²) in [4.78, 5) is 17.5. The number of methoxy groups -OCH3 is 1. The maximum Gasteiger partial charge on any atom is 0.224 e. The Morgan fingerprint density at radius 1 is 1.18 bits per heavy atom. The molecule has 5 nitrogen and oxygen atoms in total. The molecule has 4 rings (SSSR count). The van der Waals surface area contributed by atoms with E-state index in [1.807, 2.05) is 24.1 Å². The predicted molar refractivity (Wildman–Crippen MR) is 113 cm³/mol. The molecule has 2 fully saturated rings. The summed E-state index contributed by atoms with van der Waals surface area (Å²) in [5.41, 5.74) is 1.07. The second-order valence-electron chi connectivity index (χ2n) is 8.43. The van der Waals surface area contributed by atoms with Crippen LogP contribution in [-0.4, -0.2) is 60.1 Å². The van der Waals surface area contributed by atoms with Crippen molar-refractivity contribution >= 4 is 16.8 Å². The number of para-hydroxylation sites is 1. The molecule has 1 aromatic carbocycles. The van der Waals surface area contributed by atoms with Crippen LogP contribution in [0.15, 0.2) is 30.5 Å². The molecule has 0 aliphatic carbocycles. The molecular formula is C23H33N3O2. The first kappa shape index (κ1) is 19.3. The van der Waals surface area contributed by atoms with Crippen molar-refractivity contribution in [3.63, 3.8) is 0 Å². The molecule has 2 aromatic rings. The quantitative estimate of drug-likeness (QED) is 0.762. The smallest absolute Gasteiger partial charge is 0.224 e. The Balaban J connectivity index is 1.36. The van der Waals surface area contributed by atoms with E-state index < -0.39 is 0 Å². The normalized spacial score (nSPS) is 22.8. The molecule has 0 N–H and O–H groups in total. The van der Waals surface area contributed by atoms with Crippen LogP contribution < -0.4 is 4.74 Å². The molecule has 2 saturated heterocycles. The lowest BCUT2D eigenvalue weighted by Crippen LogP contribution is -2.51. The van der Waals surface area contributed by atoms with Crippen LogP contribution in [0.3, 0.4) is 0 Å². The third-order valence-electron chi connectivity index (χ3n) is 6.70. The SMILES string of the molecule is COc1cccc2ccn(CCC(=O)N(C)C[C@@H]3CCCN4CCCC[C@@H]34)c12. The van der Waals surface area contributed by atoms with Gasteiger partial charge in [0.15, 0.2) is 0 Å². The molecular weight excluding hydrogens is 350 g/mol. The van der Waals surface area contributed by atoms with E-state index in [1.165, 1.54) is 45.2 Å². The van der Waals surface area contributed by atoms with Gasteiger partial charge >= 0.3 is 0 Å². The molecule has 2 atom stereocenters. The largest absolute Gasteiger partial charge is 0.495 e. The average molecular weight is 384 g/mol. The van der Waals surface area contributed by atoms with Crippen molar-refractivity contribution < 1.29 is 9.53 Å². The van der Waals surface area contributed by atoms with Crippen molar-refractivity contribution in [1.29, 1.82) is 0 Å². The molecule has 2 aliphatic heterocycles. The van der Waals surface area contributed by atoms with E-state index in [-0.39, 0.29) is 5.91 Å². The molecule has 0 spiro atoms. The number of aromatic nitrogens is 1. The molecule has 5 heteroatoms. The Labute approximate surface area is 168 Å². The molecule has 0 bridgehead atoms. The minimum absolute atomic E-state index is 0.240. The monoisotopic (exact) mass is 383 g/mol. The number of carbonyl (C=O) groups excluding carboxylic acids is 1.